The maximum atomic E-state index is 11.3. The highest BCUT2D eigenvalue weighted by atomic mass is 32.2. The Labute approximate surface area is 173 Å². The minimum atomic E-state index is -3.63. The van der Waals surface area contributed by atoms with Crippen molar-refractivity contribution >= 4 is 27.4 Å². The smallest absolute Gasteiger partial charge is 0.238 e. The average molecular weight is 422 g/mol. The molecule has 154 valence electrons. The fraction of sp³-hybridized carbons (Fsp3) is 0.667. The topological polar surface area (TPSA) is 84.2 Å². The zero-order chi connectivity index (χ0) is 19.9. The maximum Gasteiger partial charge on any atom is 0.238 e. The van der Waals surface area contributed by atoms with Crippen molar-refractivity contribution in [2.24, 2.45) is 28.3 Å². The van der Waals surface area contributed by atoms with Gasteiger partial charge in [-0.25, -0.2) is 13.6 Å². The average Bonchev–Trinajstić information content (AvgIpc) is 2.60. The van der Waals surface area contributed by atoms with Gasteiger partial charge in [0.2, 0.25) is 10.0 Å². The molecule has 0 saturated heterocycles. The number of thiocarbonyl (C=S) groups is 1. The van der Waals surface area contributed by atoms with Crippen LogP contribution in [0.25, 0.3) is 0 Å². The van der Waals surface area contributed by atoms with Crippen molar-refractivity contribution in [3.63, 3.8) is 0 Å². The third kappa shape index (κ3) is 4.21. The van der Waals surface area contributed by atoms with E-state index in [0.717, 1.165) is 34.9 Å². The first-order valence-corrected chi connectivity index (χ1v) is 12.3. The van der Waals surface area contributed by atoms with Crippen LogP contribution in [0.1, 0.15) is 51.0 Å². The van der Waals surface area contributed by atoms with Gasteiger partial charge in [-0.2, -0.15) is 0 Å². The summed E-state index contributed by atoms with van der Waals surface area (Å²) >= 11 is 5.55. The summed E-state index contributed by atoms with van der Waals surface area (Å²) in [6, 6.07) is 7.12. The van der Waals surface area contributed by atoms with Gasteiger partial charge in [-0.15, -0.1) is 0 Å². The predicted octanol–water partition coefficient (Wildman–Crippen LogP) is 2.95. The molecule has 0 radical (unpaired) electrons. The summed E-state index contributed by atoms with van der Waals surface area (Å²) in [7, 11) is -3.63. The molecule has 0 aromatic heterocycles. The van der Waals surface area contributed by atoms with Gasteiger partial charge in [-0.3, -0.25) is 0 Å². The molecule has 28 heavy (non-hydrogen) atoms. The molecule has 4 aliphatic carbocycles. The Balaban J connectivity index is 1.26. The van der Waals surface area contributed by atoms with E-state index in [-0.39, 0.29) is 4.90 Å². The van der Waals surface area contributed by atoms with Crippen molar-refractivity contribution in [3.05, 3.63) is 29.8 Å². The third-order valence-corrected chi connectivity index (χ3v) is 8.49. The van der Waals surface area contributed by atoms with Crippen molar-refractivity contribution in [1.29, 1.82) is 0 Å². The number of primary sulfonamides is 1. The highest BCUT2D eigenvalue weighted by molar-refractivity contribution is 7.89. The number of hydrogen-bond donors (Lipinski definition) is 3. The van der Waals surface area contributed by atoms with Crippen LogP contribution in [-0.4, -0.2) is 26.1 Å². The highest BCUT2D eigenvalue weighted by Crippen LogP contribution is 2.61. The molecule has 4 bridgehead atoms. The fourth-order valence-electron chi connectivity index (χ4n) is 6.27. The van der Waals surface area contributed by atoms with E-state index in [1.54, 1.807) is 24.3 Å². The quantitative estimate of drug-likeness (QED) is 0.615. The summed E-state index contributed by atoms with van der Waals surface area (Å²) in [6.45, 7) is 3.03. The second-order valence-corrected chi connectivity index (χ2v) is 11.3. The first kappa shape index (κ1) is 20.1. The van der Waals surface area contributed by atoms with Crippen molar-refractivity contribution in [1.82, 2.24) is 10.6 Å². The number of nitrogens with two attached hydrogens (primary N) is 1. The van der Waals surface area contributed by atoms with E-state index in [2.05, 4.69) is 17.6 Å². The number of rotatable bonds is 6. The molecule has 5 nitrogen and oxygen atoms in total. The number of sulfonamides is 1. The van der Waals surface area contributed by atoms with E-state index in [1.165, 1.54) is 38.5 Å². The van der Waals surface area contributed by atoms with Crippen LogP contribution in [0.2, 0.25) is 0 Å². The lowest BCUT2D eigenvalue weighted by atomic mass is 9.48. The van der Waals surface area contributed by atoms with Gasteiger partial charge in [0.25, 0.3) is 0 Å². The van der Waals surface area contributed by atoms with Gasteiger partial charge >= 0.3 is 0 Å². The molecule has 0 spiro atoms. The van der Waals surface area contributed by atoms with Crippen molar-refractivity contribution in [2.75, 3.05) is 6.54 Å². The Morgan fingerprint density at radius 3 is 2.18 bits per heavy atom. The summed E-state index contributed by atoms with van der Waals surface area (Å²) in [6.07, 6.45) is 9.25. The monoisotopic (exact) mass is 421 g/mol. The lowest BCUT2D eigenvalue weighted by Crippen LogP contribution is -2.57. The molecule has 4 fully saturated rings. The van der Waals surface area contributed by atoms with E-state index >= 15 is 0 Å². The van der Waals surface area contributed by atoms with Gasteiger partial charge < -0.3 is 10.6 Å². The van der Waals surface area contributed by atoms with Gasteiger partial charge in [0.15, 0.2) is 5.11 Å². The second kappa shape index (κ2) is 7.58. The van der Waals surface area contributed by atoms with Gasteiger partial charge in [-0.05, 0) is 105 Å². The van der Waals surface area contributed by atoms with E-state index in [0.29, 0.717) is 18.0 Å². The molecule has 5 rings (SSSR count). The standard InChI is InChI=1S/C21H31N3O2S2/c1-14(21-11-16-8-17(12-21)10-18(9-16)13-21)24-20(27)23-7-6-15-2-4-19(5-3-15)28(22,25)26/h2-5,14,16-18H,6-13H2,1H3,(H2,22,25,26)(H2,23,24,27). The van der Waals surface area contributed by atoms with Gasteiger partial charge in [-0.1, -0.05) is 12.1 Å². The fourth-order valence-corrected chi connectivity index (χ4v) is 7.07. The number of nitrogens with one attached hydrogen (secondary N) is 2. The Bertz CT molecular complexity index is 800. The molecule has 1 aromatic rings. The van der Waals surface area contributed by atoms with E-state index in [9.17, 15) is 8.42 Å². The molecular weight excluding hydrogens is 390 g/mol. The predicted molar refractivity (Wildman–Crippen MR) is 115 cm³/mol. The number of hydrogen-bond acceptors (Lipinski definition) is 3. The molecule has 4 aliphatic rings. The molecular formula is C21H31N3O2S2. The zero-order valence-electron chi connectivity index (χ0n) is 16.5. The molecule has 0 aliphatic heterocycles. The summed E-state index contributed by atoms with van der Waals surface area (Å²) in [4.78, 5) is 0.144. The molecule has 1 atom stereocenters. The Kier molecular flexibility index (Phi) is 5.44. The lowest BCUT2D eigenvalue weighted by Gasteiger charge is -2.59. The first-order chi connectivity index (χ1) is 13.2. The molecule has 4 N–H and O–H groups in total. The Hall–Kier alpha value is -1.18. The normalized spacial score (nSPS) is 32.1. The first-order valence-electron chi connectivity index (χ1n) is 10.4. The van der Waals surface area contributed by atoms with Gasteiger partial charge in [0.05, 0.1) is 4.90 Å². The van der Waals surface area contributed by atoms with Gasteiger partial charge in [0.1, 0.15) is 0 Å². The summed E-state index contributed by atoms with van der Waals surface area (Å²) in [5.74, 6) is 2.83. The minimum absolute atomic E-state index is 0.144. The van der Waals surface area contributed by atoms with Crippen molar-refractivity contribution < 1.29 is 8.42 Å². The van der Waals surface area contributed by atoms with Crippen LogP contribution < -0.4 is 15.8 Å². The summed E-state index contributed by atoms with van der Waals surface area (Å²) in [5.41, 5.74) is 1.49. The van der Waals surface area contributed by atoms with Gasteiger partial charge in [0, 0.05) is 12.6 Å². The summed E-state index contributed by atoms with van der Waals surface area (Å²) in [5, 5.41) is 12.8. The van der Waals surface area contributed by atoms with Crippen LogP contribution in [0.5, 0.6) is 0 Å². The molecule has 0 amide bonds. The molecule has 1 aromatic carbocycles. The lowest BCUT2D eigenvalue weighted by molar-refractivity contribution is -0.0672. The van der Waals surface area contributed by atoms with Crippen LogP contribution in [0.4, 0.5) is 0 Å². The second-order valence-electron chi connectivity index (χ2n) is 9.34. The zero-order valence-corrected chi connectivity index (χ0v) is 18.1. The van der Waals surface area contributed by atoms with Crippen LogP contribution in [0.15, 0.2) is 29.2 Å². The largest absolute Gasteiger partial charge is 0.362 e. The molecule has 7 heteroatoms. The summed E-state index contributed by atoms with van der Waals surface area (Å²) < 4.78 is 22.6. The van der Waals surface area contributed by atoms with Crippen LogP contribution in [0.3, 0.4) is 0 Å². The molecule has 1 unspecified atom stereocenters. The van der Waals surface area contributed by atoms with Crippen molar-refractivity contribution in [2.45, 2.75) is 62.8 Å². The molecule has 4 saturated carbocycles. The minimum Gasteiger partial charge on any atom is -0.362 e. The SMILES string of the molecule is CC(NC(=S)NCCc1ccc(S(N)(=O)=O)cc1)C12CC3CC(CC(C3)C1)C2. The molecule has 0 heterocycles. The van der Waals surface area contributed by atoms with Crippen LogP contribution in [0, 0.1) is 23.2 Å². The Morgan fingerprint density at radius 2 is 1.68 bits per heavy atom. The highest BCUT2D eigenvalue weighted by Gasteiger charge is 2.53. The van der Waals surface area contributed by atoms with Crippen LogP contribution >= 0.6 is 12.2 Å². The number of benzene rings is 1. The third-order valence-electron chi connectivity index (χ3n) is 7.30. The van der Waals surface area contributed by atoms with E-state index in [1.807, 2.05) is 0 Å². The maximum absolute atomic E-state index is 11.3. The van der Waals surface area contributed by atoms with Crippen LogP contribution in [-0.2, 0) is 16.4 Å². The Morgan fingerprint density at radius 1 is 1.14 bits per heavy atom. The van der Waals surface area contributed by atoms with E-state index in [4.69, 9.17) is 17.4 Å². The van der Waals surface area contributed by atoms with E-state index < -0.39 is 10.0 Å². The van der Waals surface area contributed by atoms with Crippen molar-refractivity contribution in [3.8, 4) is 0 Å².